The topological polar surface area (TPSA) is 88.2 Å². The highest BCUT2D eigenvalue weighted by atomic mass is 35.5. The fraction of sp³-hybridized carbons (Fsp3) is 0. The van der Waals surface area contributed by atoms with E-state index in [-0.39, 0.29) is 10.8 Å². The van der Waals surface area contributed by atoms with Crippen LogP contribution in [-0.4, -0.2) is 19.3 Å². The molecule has 174 valence electrons. The second-order valence-corrected chi connectivity index (χ2v) is 10.8. The van der Waals surface area contributed by atoms with Gasteiger partial charge in [-0.2, -0.15) is 0 Å². The largest absolute Gasteiger partial charge is 0.322 e. The van der Waals surface area contributed by atoms with Crippen LogP contribution < -0.4 is 10.0 Å². The molecule has 0 saturated carbocycles. The van der Waals surface area contributed by atoms with Crippen molar-refractivity contribution in [1.82, 2.24) is 4.98 Å². The van der Waals surface area contributed by atoms with Gasteiger partial charge in [0.25, 0.3) is 15.9 Å². The maximum Gasteiger partial charge on any atom is 0.261 e. The molecule has 1 amide bonds. The molecule has 1 heterocycles. The van der Waals surface area contributed by atoms with Gasteiger partial charge in [-0.05, 0) is 84.9 Å². The van der Waals surface area contributed by atoms with Gasteiger partial charge < -0.3 is 5.32 Å². The normalized spacial score (nSPS) is 11.3. The molecule has 0 aliphatic heterocycles. The number of thiazole rings is 1. The van der Waals surface area contributed by atoms with E-state index in [1.807, 2.05) is 48.5 Å². The van der Waals surface area contributed by atoms with E-state index in [0.717, 1.165) is 20.8 Å². The zero-order chi connectivity index (χ0) is 24.4. The van der Waals surface area contributed by atoms with Crippen LogP contribution in [-0.2, 0) is 10.0 Å². The maximum atomic E-state index is 12.7. The van der Waals surface area contributed by atoms with Crippen LogP contribution in [0.15, 0.2) is 102 Å². The second kappa shape index (κ2) is 9.50. The van der Waals surface area contributed by atoms with E-state index >= 15 is 0 Å². The first kappa shape index (κ1) is 23.0. The number of carbonyl (C=O) groups is 1. The van der Waals surface area contributed by atoms with Crippen LogP contribution in [0.1, 0.15) is 10.4 Å². The summed E-state index contributed by atoms with van der Waals surface area (Å²) >= 11 is 7.44. The number of hydrogen-bond donors (Lipinski definition) is 2. The van der Waals surface area contributed by atoms with E-state index in [2.05, 4.69) is 15.0 Å². The summed E-state index contributed by atoms with van der Waals surface area (Å²) < 4.78 is 28.7. The molecule has 0 atom stereocenters. The smallest absolute Gasteiger partial charge is 0.261 e. The van der Waals surface area contributed by atoms with Gasteiger partial charge in [0.1, 0.15) is 5.01 Å². The van der Waals surface area contributed by atoms with Crippen molar-refractivity contribution in [1.29, 1.82) is 0 Å². The molecule has 0 bridgehead atoms. The predicted octanol–water partition coefficient (Wildman–Crippen LogP) is 6.67. The lowest BCUT2D eigenvalue weighted by Crippen LogP contribution is -2.14. The Kier molecular flexibility index (Phi) is 6.25. The number of hydrogen-bond acceptors (Lipinski definition) is 5. The van der Waals surface area contributed by atoms with Crippen molar-refractivity contribution in [2.45, 2.75) is 4.90 Å². The number of nitrogens with zero attached hydrogens (tertiary/aromatic N) is 1. The van der Waals surface area contributed by atoms with Crippen LogP contribution in [0.4, 0.5) is 11.4 Å². The number of benzene rings is 4. The third-order valence-corrected chi connectivity index (χ3v) is 7.94. The number of rotatable bonds is 6. The summed E-state index contributed by atoms with van der Waals surface area (Å²) in [6.07, 6.45) is 0. The summed E-state index contributed by atoms with van der Waals surface area (Å²) in [5.74, 6) is -0.301. The third kappa shape index (κ3) is 5.19. The number of anilines is 2. The number of sulfonamides is 1. The zero-order valence-corrected chi connectivity index (χ0v) is 20.5. The standard InChI is InChI=1S/C26H18ClN3O3S2/c27-19-9-15-22(16-10-19)35(32,33)30-21-13-5-17(6-14-21)25(31)28-20-11-7-18(8-12-20)26-29-23-3-1-2-4-24(23)34-26/h1-16,30H,(H,28,31). The van der Waals surface area contributed by atoms with Gasteiger partial charge in [0.05, 0.1) is 15.1 Å². The van der Waals surface area contributed by atoms with E-state index < -0.39 is 10.0 Å². The minimum atomic E-state index is -3.76. The van der Waals surface area contributed by atoms with E-state index in [4.69, 9.17) is 11.6 Å². The Bertz CT molecular complexity index is 1580. The predicted molar refractivity (Wildman–Crippen MR) is 142 cm³/mol. The van der Waals surface area contributed by atoms with E-state index in [9.17, 15) is 13.2 Å². The van der Waals surface area contributed by atoms with Crippen molar-refractivity contribution < 1.29 is 13.2 Å². The lowest BCUT2D eigenvalue weighted by atomic mass is 10.1. The van der Waals surface area contributed by atoms with Gasteiger partial charge in [-0.25, -0.2) is 13.4 Å². The molecule has 0 spiro atoms. The molecule has 1 aromatic heterocycles. The minimum absolute atomic E-state index is 0.0954. The summed E-state index contributed by atoms with van der Waals surface area (Å²) in [6.45, 7) is 0. The molecule has 6 nitrogen and oxygen atoms in total. The Labute approximate surface area is 211 Å². The van der Waals surface area contributed by atoms with Crippen molar-refractivity contribution in [3.63, 3.8) is 0 Å². The zero-order valence-electron chi connectivity index (χ0n) is 18.1. The number of halogens is 1. The molecule has 5 rings (SSSR count). The summed E-state index contributed by atoms with van der Waals surface area (Å²) in [4.78, 5) is 17.4. The number of fused-ring (bicyclic) bond motifs is 1. The fourth-order valence-electron chi connectivity index (χ4n) is 3.41. The Balaban J connectivity index is 1.25. The van der Waals surface area contributed by atoms with Crippen LogP contribution in [0.5, 0.6) is 0 Å². The molecule has 35 heavy (non-hydrogen) atoms. The average molecular weight is 520 g/mol. The summed E-state index contributed by atoms with van der Waals surface area (Å²) in [5, 5.41) is 4.22. The number of nitrogens with one attached hydrogen (secondary N) is 2. The van der Waals surface area contributed by atoms with Crippen molar-refractivity contribution in [3.8, 4) is 10.6 Å². The first-order valence-electron chi connectivity index (χ1n) is 10.5. The van der Waals surface area contributed by atoms with Crippen LogP contribution in [0.2, 0.25) is 5.02 Å². The van der Waals surface area contributed by atoms with Gasteiger partial charge in [0, 0.05) is 27.5 Å². The van der Waals surface area contributed by atoms with E-state index in [0.29, 0.717) is 22.0 Å². The molecule has 0 unspecified atom stereocenters. The van der Waals surface area contributed by atoms with Gasteiger partial charge in [0.2, 0.25) is 0 Å². The quantitative estimate of drug-likeness (QED) is 0.262. The Morgan fingerprint density at radius 2 is 1.46 bits per heavy atom. The van der Waals surface area contributed by atoms with Crippen LogP contribution in [0.25, 0.3) is 20.8 Å². The van der Waals surface area contributed by atoms with Gasteiger partial charge in [-0.3, -0.25) is 9.52 Å². The van der Waals surface area contributed by atoms with Crippen molar-refractivity contribution >= 4 is 60.5 Å². The molecule has 0 radical (unpaired) electrons. The van der Waals surface area contributed by atoms with Crippen LogP contribution >= 0.6 is 22.9 Å². The molecular formula is C26H18ClN3O3S2. The molecule has 9 heteroatoms. The highest BCUT2D eigenvalue weighted by Crippen LogP contribution is 2.30. The van der Waals surface area contributed by atoms with E-state index in [1.165, 1.54) is 24.3 Å². The Hall–Kier alpha value is -3.72. The molecule has 2 N–H and O–H groups in total. The molecule has 0 aliphatic carbocycles. The van der Waals surface area contributed by atoms with Crippen LogP contribution in [0.3, 0.4) is 0 Å². The minimum Gasteiger partial charge on any atom is -0.322 e. The number of aromatic nitrogens is 1. The fourth-order valence-corrected chi connectivity index (χ4v) is 5.57. The van der Waals surface area contributed by atoms with Gasteiger partial charge in [-0.15, -0.1) is 11.3 Å². The van der Waals surface area contributed by atoms with Gasteiger partial charge >= 0.3 is 0 Å². The molecule has 4 aromatic carbocycles. The second-order valence-electron chi connectivity index (χ2n) is 7.65. The van der Waals surface area contributed by atoms with Gasteiger partial charge in [0.15, 0.2) is 0 Å². The Morgan fingerprint density at radius 3 is 2.14 bits per heavy atom. The third-order valence-electron chi connectivity index (χ3n) is 5.21. The lowest BCUT2D eigenvalue weighted by Gasteiger charge is -2.10. The Morgan fingerprint density at radius 1 is 0.800 bits per heavy atom. The molecule has 0 saturated heterocycles. The SMILES string of the molecule is O=C(Nc1ccc(-c2nc3ccccc3s2)cc1)c1ccc(NS(=O)(=O)c2ccc(Cl)cc2)cc1. The maximum absolute atomic E-state index is 12.7. The summed E-state index contributed by atoms with van der Waals surface area (Å²) in [6, 6.07) is 27.5. The van der Waals surface area contributed by atoms with Crippen molar-refractivity contribution in [3.05, 3.63) is 108 Å². The number of carbonyl (C=O) groups excluding carboxylic acids is 1. The average Bonchev–Trinajstić information content (AvgIpc) is 3.29. The highest BCUT2D eigenvalue weighted by molar-refractivity contribution is 7.92. The van der Waals surface area contributed by atoms with Crippen molar-refractivity contribution in [2.75, 3.05) is 10.0 Å². The molecule has 0 fully saturated rings. The molecule has 5 aromatic rings. The highest BCUT2D eigenvalue weighted by Gasteiger charge is 2.15. The first-order valence-corrected chi connectivity index (χ1v) is 13.2. The summed E-state index contributed by atoms with van der Waals surface area (Å²) in [7, 11) is -3.76. The van der Waals surface area contributed by atoms with E-state index in [1.54, 1.807) is 35.6 Å². The number of para-hydroxylation sites is 1. The lowest BCUT2D eigenvalue weighted by molar-refractivity contribution is 0.102. The molecule has 0 aliphatic rings. The first-order chi connectivity index (χ1) is 16.9. The summed E-state index contributed by atoms with van der Waals surface area (Å²) in [5.41, 5.74) is 3.32. The number of amides is 1. The molecular weight excluding hydrogens is 502 g/mol. The van der Waals surface area contributed by atoms with Crippen molar-refractivity contribution in [2.24, 2.45) is 0 Å². The monoisotopic (exact) mass is 519 g/mol. The van der Waals surface area contributed by atoms with Crippen LogP contribution in [0, 0.1) is 0 Å². The van der Waals surface area contributed by atoms with Gasteiger partial charge in [-0.1, -0.05) is 23.7 Å².